The fourth-order valence-electron chi connectivity index (χ4n) is 1.85. The van der Waals surface area contributed by atoms with E-state index in [4.69, 9.17) is 4.74 Å². The predicted molar refractivity (Wildman–Crippen MR) is 73.8 cm³/mol. The molecule has 0 saturated heterocycles. The van der Waals surface area contributed by atoms with Gasteiger partial charge in [0, 0.05) is 21.9 Å². The maximum atomic E-state index is 5.36. The third kappa shape index (κ3) is 2.68. The Hall–Kier alpha value is -1.32. The molecule has 0 spiro atoms. The Morgan fingerprint density at radius 3 is 2.65 bits per heavy atom. The molecule has 0 fully saturated rings. The molecule has 2 nitrogen and oxygen atoms in total. The SMILES string of the molecule is CNCc1cc(-c2ccc(C)s2)ccc1OC. The minimum absolute atomic E-state index is 0.821. The zero-order valence-electron chi connectivity index (χ0n) is 10.4. The zero-order valence-corrected chi connectivity index (χ0v) is 11.2. The number of benzene rings is 1. The minimum atomic E-state index is 0.821. The topological polar surface area (TPSA) is 21.3 Å². The smallest absolute Gasteiger partial charge is 0.123 e. The van der Waals surface area contributed by atoms with E-state index in [1.807, 2.05) is 24.5 Å². The Kier molecular flexibility index (Phi) is 3.82. The van der Waals surface area contributed by atoms with Gasteiger partial charge in [0.15, 0.2) is 0 Å². The lowest BCUT2D eigenvalue weighted by atomic mass is 10.1. The van der Waals surface area contributed by atoms with Crippen LogP contribution in [-0.2, 0) is 6.54 Å². The molecule has 1 N–H and O–H groups in total. The van der Waals surface area contributed by atoms with E-state index in [9.17, 15) is 0 Å². The van der Waals surface area contributed by atoms with E-state index in [-0.39, 0.29) is 0 Å². The molecular weight excluding hydrogens is 230 g/mol. The van der Waals surface area contributed by atoms with Crippen LogP contribution in [0.25, 0.3) is 10.4 Å². The van der Waals surface area contributed by atoms with E-state index >= 15 is 0 Å². The number of methoxy groups -OCH3 is 1. The molecule has 0 aliphatic rings. The highest BCUT2D eigenvalue weighted by atomic mass is 32.1. The van der Waals surface area contributed by atoms with Gasteiger partial charge in [-0.2, -0.15) is 0 Å². The van der Waals surface area contributed by atoms with Gasteiger partial charge in [0.25, 0.3) is 0 Å². The quantitative estimate of drug-likeness (QED) is 0.893. The number of ether oxygens (including phenoxy) is 1. The van der Waals surface area contributed by atoms with E-state index in [1.54, 1.807) is 7.11 Å². The second-order valence-corrected chi connectivity index (χ2v) is 5.26. The van der Waals surface area contributed by atoms with Gasteiger partial charge < -0.3 is 10.1 Å². The van der Waals surface area contributed by atoms with Gasteiger partial charge in [-0.05, 0) is 49.9 Å². The molecule has 0 amide bonds. The third-order valence-electron chi connectivity index (χ3n) is 2.67. The standard InChI is InChI=1S/C14H17NOS/c1-10-4-7-14(17-10)11-5-6-13(16-3)12(8-11)9-15-2/h4-8,15H,9H2,1-3H3. The highest BCUT2D eigenvalue weighted by molar-refractivity contribution is 7.15. The Morgan fingerprint density at radius 2 is 2.06 bits per heavy atom. The largest absolute Gasteiger partial charge is 0.496 e. The molecule has 3 heteroatoms. The highest BCUT2D eigenvalue weighted by Gasteiger charge is 2.06. The summed E-state index contributed by atoms with van der Waals surface area (Å²) in [5, 5.41) is 3.17. The first-order valence-electron chi connectivity index (χ1n) is 5.63. The van der Waals surface area contributed by atoms with Crippen molar-refractivity contribution in [2.75, 3.05) is 14.2 Å². The highest BCUT2D eigenvalue weighted by Crippen LogP contribution is 2.31. The number of thiophene rings is 1. The summed E-state index contributed by atoms with van der Waals surface area (Å²) in [6.45, 7) is 2.95. The summed E-state index contributed by atoms with van der Waals surface area (Å²) in [6, 6.07) is 10.7. The molecule has 0 saturated carbocycles. The van der Waals surface area contributed by atoms with Crippen LogP contribution in [-0.4, -0.2) is 14.2 Å². The average Bonchev–Trinajstić information content (AvgIpc) is 2.76. The van der Waals surface area contributed by atoms with Crippen molar-refractivity contribution >= 4 is 11.3 Å². The lowest BCUT2D eigenvalue weighted by molar-refractivity contribution is 0.408. The van der Waals surface area contributed by atoms with E-state index in [0.717, 1.165) is 12.3 Å². The molecule has 90 valence electrons. The van der Waals surface area contributed by atoms with Crippen LogP contribution in [0.5, 0.6) is 5.75 Å². The second-order valence-electron chi connectivity index (χ2n) is 3.97. The average molecular weight is 247 g/mol. The summed E-state index contributed by atoms with van der Waals surface area (Å²) in [5.74, 6) is 0.941. The summed E-state index contributed by atoms with van der Waals surface area (Å²) in [4.78, 5) is 2.65. The predicted octanol–water partition coefficient (Wildman–Crippen LogP) is 3.45. The lowest BCUT2D eigenvalue weighted by Crippen LogP contribution is -2.06. The van der Waals surface area contributed by atoms with Crippen LogP contribution in [0, 0.1) is 6.92 Å². The van der Waals surface area contributed by atoms with Crippen molar-refractivity contribution < 1.29 is 4.74 Å². The number of hydrogen-bond donors (Lipinski definition) is 1. The molecule has 17 heavy (non-hydrogen) atoms. The number of rotatable bonds is 4. The minimum Gasteiger partial charge on any atom is -0.496 e. The van der Waals surface area contributed by atoms with Gasteiger partial charge in [0.1, 0.15) is 5.75 Å². The summed E-state index contributed by atoms with van der Waals surface area (Å²) < 4.78 is 5.36. The Labute approximate surface area is 106 Å². The first-order valence-corrected chi connectivity index (χ1v) is 6.44. The van der Waals surface area contributed by atoms with Crippen molar-refractivity contribution in [2.45, 2.75) is 13.5 Å². The molecule has 0 bridgehead atoms. The molecule has 0 atom stereocenters. The van der Waals surface area contributed by atoms with Crippen molar-refractivity contribution in [3.05, 3.63) is 40.8 Å². The fourth-order valence-corrected chi connectivity index (χ4v) is 2.71. The normalized spacial score (nSPS) is 10.5. The van der Waals surface area contributed by atoms with Crippen LogP contribution < -0.4 is 10.1 Å². The van der Waals surface area contributed by atoms with Crippen LogP contribution in [0.3, 0.4) is 0 Å². The van der Waals surface area contributed by atoms with Crippen LogP contribution in [0.15, 0.2) is 30.3 Å². The molecule has 0 aliphatic carbocycles. The summed E-state index contributed by atoms with van der Waals surface area (Å²) in [5.41, 5.74) is 2.45. The van der Waals surface area contributed by atoms with Crippen molar-refractivity contribution in [1.29, 1.82) is 0 Å². The van der Waals surface area contributed by atoms with Crippen LogP contribution in [0.1, 0.15) is 10.4 Å². The molecular formula is C14H17NOS. The van der Waals surface area contributed by atoms with Crippen LogP contribution in [0.2, 0.25) is 0 Å². The molecule has 2 aromatic rings. The molecule has 1 aromatic carbocycles. The van der Waals surface area contributed by atoms with Gasteiger partial charge >= 0.3 is 0 Å². The molecule has 0 radical (unpaired) electrons. The van der Waals surface area contributed by atoms with E-state index in [1.165, 1.54) is 20.9 Å². The number of nitrogens with one attached hydrogen (secondary N) is 1. The van der Waals surface area contributed by atoms with Crippen LogP contribution >= 0.6 is 11.3 Å². The van der Waals surface area contributed by atoms with Gasteiger partial charge in [-0.15, -0.1) is 11.3 Å². The van der Waals surface area contributed by atoms with Crippen molar-refractivity contribution in [3.63, 3.8) is 0 Å². The van der Waals surface area contributed by atoms with Crippen molar-refractivity contribution in [1.82, 2.24) is 5.32 Å². The van der Waals surface area contributed by atoms with E-state index < -0.39 is 0 Å². The Bertz CT molecular complexity index is 505. The summed E-state index contributed by atoms with van der Waals surface area (Å²) in [6.07, 6.45) is 0. The van der Waals surface area contributed by atoms with Crippen LogP contribution in [0.4, 0.5) is 0 Å². The third-order valence-corrected chi connectivity index (χ3v) is 3.72. The molecule has 2 rings (SSSR count). The van der Waals surface area contributed by atoms with Crippen molar-refractivity contribution in [2.24, 2.45) is 0 Å². The lowest BCUT2D eigenvalue weighted by Gasteiger charge is -2.09. The fraction of sp³-hybridized carbons (Fsp3) is 0.286. The first-order chi connectivity index (χ1) is 8.24. The van der Waals surface area contributed by atoms with E-state index in [2.05, 4.69) is 36.5 Å². The summed E-state index contributed by atoms with van der Waals surface area (Å²) >= 11 is 1.82. The molecule has 1 heterocycles. The van der Waals surface area contributed by atoms with E-state index in [0.29, 0.717) is 0 Å². The monoisotopic (exact) mass is 247 g/mol. The molecule has 1 aromatic heterocycles. The molecule has 0 unspecified atom stereocenters. The maximum absolute atomic E-state index is 5.36. The Morgan fingerprint density at radius 1 is 1.24 bits per heavy atom. The Balaban J connectivity index is 2.39. The van der Waals surface area contributed by atoms with Gasteiger partial charge in [0.2, 0.25) is 0 Å². The number of aryl methyl sites for hydroxylation is 1. The second kappa shape index (κ2) is 5.34. The van der Waals surface area contributed by atoms with Gasteiger partial charge in [-0.3, -0.25) is 0 Å². The van der Waals surface area contributed by atoms with Crippen molar-refractivity contribution in [3.8, 4) is 16.2 Å². The summed E-state index contributed by atoms with van der Waals surface area (Å²) in [7, 11) is 3.66. The van der Waals surface area contributed by atoms with Gasteiger partial charge in [0.05, 0.1) is 7.11 Å². The molecule has 0 aliphatic heterocycles. The zero-order chi connectivity index (χ0) is 12.3. The van der Waals surface area contributed by atoms with Gasteiger partial charge in [-0.25, -0.2) is 0 Å². The first kappa shape index (κ1) is 12.1. The van der Waals surface area contributed by atoms with Gasteiger partial charge in [-0.1, -0.05) is 0 Å². The number of hydrogen-bond acceptors (Lipinski definition) is 3. The maximum Gasteiger partial charge on any atom is 0.123 e.